The summed E-state index contributed by atoms with van der Waals surface area (Å²) < 4.78 is 18.3. The maximum atomic E-state index is 12.9. The molecule has 2 aliphatic rings. The van der Waals surface area contributed by atoms with Crippen molar-refractivity contribution in [3.63, 3.8) is 0 Å². The van der Waals surface area contributed by atoms with Crippen molar-refractivity contribution in [2.24, 2.45) is 0 Å². The largest absolute Gasteiger partial charge is 0.492 e. The van der Waals surface area contributed by atoms with Crippen LogP contribution in [0.5, 0.6) is 0 Å². The number of amides is 1. The Labute approximate surface area is 236 Å². The lowest BCUT2D eigenvalue weighted by Crippen LogP contribution is -2.41. The van der Waals surface area contributed by atoms with Gasteiger partial charge in [0.05, 0.1) is 11.2 Å². The van der Waals surface area contributed by atoms with Crippen molar-refractivity contribution in [1.82, 2.24) is 5.32 Å². The van der Waals surface area contributed by atoms with Crippen molar-refractivity contribution in [3.05, 3.63) is 101 Å². The van der Waals surface area contributed by atoms with Gasteiger partial charge in [-0.1, -0.05) is 78.9 Å². The average molecular weight is 537 g/mol. The van der Waals surface area contributed by atoms with Crippen molar-refractivity contribution in [3.8, 4) is 11.1 Å². The summed E-state index contributed by atoms with van der Waals surface area (Å²) in [6.45, 7) is 10.0. The zero-order valence-electron chi connectivity index (χ0n) is 23.8. The van der Waals surface area contributed by atoms with Crippen molar-refractivity contribution in [2.45, 2.75) is 58.2 Å². The summed E-state index contributed by atoms with van der Waals surface area (Å²) in [5.74, 6) is 0.110. The van der Waals surface area contributed by atoms with Crippen LogP contribution in [0, 0.1) is 0 Å². The van der Waals surface area contributed by atoms with Crippen molar-refractivity contribution in [1.29, 1.82) is 0 Å². The summed E-state index contributed by atoms with van der Waals surface area (Å²) in [6.07, 6.45) is 1.86. The van der Waals surface area contributed by atoms with Crippen molar-refractivity contribution < 1.29 is 23.6 Å². The zero-order valence-corrected chi connectivity index (χ0v) is 23.8. The number of benzene rings is 3. The third kappa shape index (κ3) is 5.76. The Kier molecular flexibility index (Phi) is 7.71. The molecule has 40 heavy (non-hydrogen) atoms. The molecule has 1 aliphatic heterocycles. The Morgan fingerprint density at radius 1 is 0.875 bits per heavy atom. The van der Waals surface area contributed by atoms with E-state index in [1.165, 1.54) is 22.3 Å². The number of hydrogen-bond donors (Lipinski definition) is 1. The number of ether oxygens (including phenoxy) is 1. The zero-order chi connectivity index (χ0) is 28.5. The Bertz CT molecular complexity index is 1380. The second-order valence-corrected chi connectivity index (χ2v) is 11.6. The molecule has 0 aromatic heterocycles. The molecule has 206 valence electrons. The summed E-state index contributed by atoms with van der Waals surface area (Å²) in [6, 6.07) is 24.3. The molecule has 1 fully saturated rings. The fourth-order valence-corrected chi connectivity index (χ4v) is 5.25. The molecule has 1 N–H and O–H groups in total. The molecule has 1 heterocycles. The minimum absolute atomic E-state index is 0.00947. The molecule has 1 amide bonds. The van der Waals surface area contributed by atoms with Gasteiger partial charge in [-0.2, -0.15) is 0 Å². The number of alkyl carbamates (subject to hydrolysis) is 1. The first-order chi connectivity index (χ1) is 19.0. The maximum absolute atomic E-state index is 12.9. The van der Waals surface area contributed by atoms with E-state index in [-0.39, 0.29) is 24.9 Å². The lowest BCUT2D eigenvalue weighted by Gasteiger charge is -2.32. The first-order valence-corrected chi connectivity index (χ1v) is 13.8. The lowest BCUT2D eigenvalue weighted by atomic mass is 9.77. The summed E-state index contributed by atoms with van der Waals surface area (Å²) in [5.41, 5.74) is 6.32. The lowest BCUT2D eigenvalue weighted by molar-refractivity contribution is -0.116. The van der Waals surface area contributed by atoms with E-state index >= 15 is 0 Å². The standard InChI is InChI=1S/C33H36BNO5/c1-22(36)18-23-14-16-24(17-15-23)19-25(34-39-32(2,3)33(4,5)40-34)20-35-31(37)38-21-30-28-12-8-6-10-26(28)27-11-7-9-13-29(27)30/h6-17,19,30H,18,20-21H2,1-5H3,(H,35,37). The van der Waals surface area contributed by atoms with E-state index in [0.29, 0.717) is 6.42 Å². The maximum Gasteiger partial charge on any atom is 0.492 e. The number of carbonyl (C=O) groups excluding carboxylic acids is 2. The van der Waals surface area contributed by atoms with Crippen LogP contribution in [0.1, 0.15) is 62.8 Å². The van der Waals surface area contributed by atoms with Crippen LogP contribution in [-0.4, -0.2) is 43.3 Å². The molecule has 3 aromatic rings. The highest BCUT2D eigenvalue weighted by Gasteiger charge is 2.52. The fraction of sp³-hybridized carbons (Fsp3) is 0.333. The Hall–Kier alpha value is -3.68. The topological polar surface area (TPSA) is 73.9 Å². The molecule has 0 bridgehead atoms. The molecule has 0 saturated carbocycles. The summed E-state index contributed by atoms with van der Waals surface area (Å²) in [5, 5.41) is 2.91. The van der Waals surface area contributed by atoms with Gasteiger partial charge in [-0.15, -0.1) is 0 Å². The molecule has 7 heteroatoms. The molecule has 1 aliphatic carbocycles. The first kappa shape index (κ1) is 27.9. The first-order valence-electron chi connectivity index (χ1n) is 13.8. The van der Waals surface area contributed by atoms with Crippen molar-refractivity contribution in [2.75, 3.05) is 13.2 Å². The van der Waals surface area contributed by atoms with Crippen LogP contribution >= 0.6 is 0 Å². The summed E-state index contributed by atoms with van der Waals surface area (Å²) >= 11 is 0. The second kappa shape index (κ2) is 11.1. The van der Waals surface area contributed by atoms with E-state index in [9.17, 15) is 9.59 Å². The highest BCUT2D eigenvalue weighted by atomic mass is 16.7. The number of nitrogens with one attached hydrogen (secondary N) is 1. The smallest absolute Gasteiger partial charge is 0.449 e. The number of fused-ring (bicyclic) bond motifs is 3. The normalized spacial score (nSPS) is 17.3. The van der Waals surface area contributed by atoms with E-state index in [0.717, 1.165) is 16.6 Å². The third-order valence-corrected chi connectivity index (χ3v) is 8.12. The molecule has 6 nitrogen and oxygen atoms in total. The van der Waals surface area contributed by atoms with Crippen LogP contribution in [-0.2, 0) is 25.3 Å². The van der Waals surface area contributed by atoms with Crippen LogP contribution in [0.2, 0.25) is 0 Å². The number of rotatable bonds is 8. The molecule has 5 rings (SSSR count). The minimum atomic E-state index is -0.629. The van der Waals surface area contributed by atoms with Gasteiger partial charge in [0.25, 0.3) is 0 Å². The van der Waals surface area contributed by atoms with Crippen LogP contribution in [0.3, 0.4) is 0 Å². The number of ketones is 1. The fourth-order valence-electron chi connectivity index (χ4n) is 5.25. The van der Waals surface area contributed by atoms with E-state index < -0.39 is 24.4 Å². The Morgan fingerprint density at radius 2 is 1.43 bits per heavy atom. The van der Waals surface area contributed by atoms with Gasteiger partial charge in [0.15, 0.2) is 0 Å². The van der Waals surface area contributed by atoms with Gasteiger partial charge in [-0.25, -0.2) is 4.79 Å². The van der Waals surface area contributed by atoms with Gasteiger partial charge in [-0.3, -0.25) is 4.79 Å². The summed E-state index contributed by atoms with van der Waals surface area (Å²) in [4.78, 5) is 24.4. The Morgan fingerprint density at radius 3 is 1.98 bits per heavy atom. The van der Waals surface area contributed by atoms with E-state index in [1.54, 1.807) is 6.92 Å². The third-order valence-electron chi connectivity index (χ3n) is 8.12. The van der Waals surface area contributed by atoms with Crippen LogP contribution < -0.4 is 5.32 Å². The van der Waals surface area contributed by atoms with Crippen molar-refractivity contribution >= 4 is 25.1 Å². The summed E-state index contributed by atoms with van der Waals surface area (Å²) in [7, 11) is -0.629. The van der Waals surface area contributed by atoms with Gasteiger partial charge < -0.3 is 19.4 Å². The average Bonchev–Trinajstić information content (AvgIpc) is 3.35. The highest BCUT2D eigenvalue weighted by Crippen LogP contribution is 2.44. The number of hydrogen-bond acceptors (Lipinski definition) is 5. The molecule has 0 unspecified atom stereocenters. The molecule has 0 radical (unpaired) electrons. The highest BCUT2D eigenvalue weighted by molar-refractivity contribution is 6.56. The predicted octanol–water partition coefficient (Wildman–Crippen LogP) is 6.37. The molecule has 0 atom stereocenters. The molecule has 1 saturated heterocycles. The van der Waals surface area contributed by atoms with Gasteiger partial charge in [-0.05, 0) is 73.5 Å². The van der Waals surface area contributed by atoms with E-state index in [1.807, 2.05) is 82.3 Å². The molecular weight excluding hydrogens is 501 g/mol. The predicted molar refractivity (Wildman–Crippen MR) is 158 cm³/mol. The Balaban J connectivity index is 1.29. The minimum Gasteiger partial charge on any atom is -0.449 e. The molecule has 0 spiro atoms. The van der Waals surface area contributed by atoms with Crippen LogP contribution in [0.4, 0.5) is 4.79 Å². The molecular formula is C33H36BNO5. The van der Waals surface area contributed by atoms with Gasteiger partial charge in [0, 0.05) is 18.9 Å². The second-order valence-electron chi connectivity index (χ2n) is 11.6. The van der Waals surface area contributed by atoms with Crippen LogP contribution in [0.15, 0.2) is 78.3 Å². The van der Waals surface area contributed by atoms with Gasteiger partial charge in [0.1, 0.15) is 12.4 Å². The number of carbonyl (C=O) groups is 2. The van der Waals surface area contributed by atoms with E-state index in [2.05, 4.69) is 29.6 Å². The van der Waals surface area contributed by atoms with E-state index in [4.69, 9.17) is 14.0 Å². The monoisotopic (exact) mass is 537 g/mol. The molecule has 3 aromatic carbocycles. The van der Waals surface area contributed by atoms with Gasteiger partial charge in [0.2, 0.25) is 0 Å². The number of Topliss-reactive ketones (excluding diaryl/α,β-unsaturated/α-hetero) is 1. The van der Waals surface area contributed by atoms with Gasteiger partial charge >= 0.3 is 13.2 Å². The quantitative estimate of drug-likeness (QED) is 0.338. The SMILES string of the molecule is CC(=O)Cc1ccc(C=C(CNC(=O)OCC2c3ccccc3-c3ccccc32)B2OC(C)(C)C(C)(C)O2)cc1. The van der Waals surface area contributed by atoms with Crippen LogP contribution in [0.25, 0.3) is 17.2 Å².